The summed E-state index contributed by atoms with van der Waals surface area (Å²) in [5.74, 6) is -2.76. The highest BCUT2D eigenvalue weighted by Crippen LogP contribution is 2.22. The summed E-state index contributed by atoms with van der Waals surface area (Å²) in [5.41, 5.74) is 5.66. The van der Waals surface area contributed by atoms with Gasteiger partial charge in [-0.05, 0) is 50.1 Å². The standard InChI is InChI=1S/C20H24N4.C2HF3O2/c1-14(11-19-12-15(2)23-24-19)22-16(3)20-13-18(9-10-21-20)17-7-5-4-6-8-17;3-2(4,5)1(6)7/h4-10,12-14,16,22H,11H2,1-3H3,(H,23,24);(H,6,7). The third kappa shape index (κ3) is 7.86. The lowest BCUT2D eigenvalue weighted by atomic mass is 10.0. The number of carboxylic acid groups (broad SMARTS) is 1. The SMILES string of the molecule is Cc1cc(CC(C)NC(C)c2cc(-c3ccccc3)ccn2)n[nH]1.O=C(O)C(F)(F)F. The molecule has 0 bridgehead atoms. The lowest BCUT2D eigenvalue weighted by molar-refractivity contribution is -0.192. The molecule has 166 valence electrons. The van der Waals surface area contributed by atoms with Crippen LogP contribution in [-0.4, -0.2) is 38.5 Å². The molecule has 3 N–H and O–H groups in total. The number of carbonyl (C=O) groups is 1. The van der Waals surface area contributed by atoms with Crippen LogP contribution >= 0.6 is 0 Å². The topological polar surface area (TPSA) is 90.9 Å². The average molecular weight is 434 g/mol. The summed E-state index contributed by atoms with van der Waals surface area (Å²) in [7, 11) is 0. The number of aliphatic carboxylic acids is 1. The lowest BCUT2D eigenvalue weighted by Gasteiger charge is -2.19. The Balaban J connectivity index is 0.000000423. The van der Waals surface area contributed by atoms with Crippen LogP contribution in [0, 0.1) is 6.92 Å². The van der Waals surface area contributed by atoms with Crippen molar-refractivity contribution in [1.29, 1.82) is 0 Å². The number of aromatic nitrogens is 3. The zero-order chi connectivity index (χ0) is 23.0. The molecule has 3 aromatic rings. The van der Waals surface area contributed by atoms with Gasteiger partial charge in [0.15, 0.2) is 0 Å². The van der Waals surface area contributed by atoms with Crippen molar-refractivity contribution in [1.82, 2.24) is 20.5 Å². The van der Waals surface area contributed by atoms with Crippen molar-refractivity contribution in [3.05, 3.63) is 71.8 Å². The van der Waals surface area contributed by atoms with Crippen molar-refractivity contribution in [2.24, 2.45) is 0 Å². The number of pyridine rings is 1. The normalized spacial score (nSPS) is 13.1. The summed E-state index contributed by atoms with van der Waals surface area (Å²) in [6.07, 6.45) is -2.30. The highest BCUT2D eigenvalue weighted by Gasteiger charge is 2.38. The highest BCUT2D eigenvalue weighted by atomic mass is 19.4. The zero-order valence-electron chi connectivity index (χ0n) is 17.4. The molecule has 1 aromatic carbocycles. The quantitative estimate of drug-likeness (QED) is 0.523. The van der Waals surface area contributed by atoms with Gasteiger partial charge in [-0.1, -0.05) is 30.3 Å². The zero-order valence-corrected chi connectivity index (χ0v) is 17.4. The summed E-state index contributed by atoms with van der Waals surface area (Å²) >= 11 is 0. The summed E-state index contributed by atoms with van der Waals surface area (Å²) in [6, 6.07) is 17.2. The van der Waals surface area contributed by atoms with Crippen LogP contribution in [0.2, 0.25) is 0 Å². The molecule has 9 heteroatoms. The molecule has 2 heterocycles. The van der Waals surface area contributed by atoms with Crippen molar-refractivity contribution in [2.45, 2.75) is 45.5 Å². The number of nitrogens with one attached hydrogen (secondary N) is 2. The third-order valence-electron chi connectivity index (χ3n) is 4.38. The lowest BCUT2D eigenvalue weighted by Crippen LogP contribution is -2.31. The Morgan fingerprint density at radius 1 is 1.13 bits per heavy atom. The molecule has 0 saturated carbocycles. The van der Waals surface area contributed by atoms with Crippen LogP contribution in [-0.2, 0) is 11.2 Å². The smallest absolute Gasteiger partial charge is 0.475 e. The maximum atomic E-state index is 10.6. The van der Waals surface area contributed by atoms with Crippen molar-refractivity contribution >= 4 is 5.97 Å². The van der Waals surface area contributed by atoms with Crippen LogP contribution in [0.15, 0.2) is 54.7 Å². The van der Waals surface area contributed by atoms with E-state index in [1.165, 1.54) is 11.1 Å². The summed E-state index contributed by atoms with van der Waals surface area (Å²) < 4.78 is 31.7. The van der Waals surface area contributed by atoms with Crippen molar-refractivity contribution in [3.63, 3.8) is 0 Å². The minimum atomic E-state index is -5.08. The molecule has 2 atom stereocenters. The molecular weight excluding hydrogens is 409 g/mol. The Morgan fingerprint density at radius 2 is 1.77 bits per heavy atom. The highest BCUT2D eigenvalue weighted by molar-refractivity contribution is 5.73. The average Bonchev–Trinajstić information content (AvgIpc) is 3.13. The molecule has 0 amide bonds. The third-order valence-corrected chi connectivity index (χ3v) is 4.38. The van der Waals surface area contributed by atoms with E-state index in [4.69, 9.17) is 9.90 Å². The summed E-state index contributed by atoms with van der Waals surface area (Å²) in [6.45, 7) is 6.36. The van der Waals surface area contributed by atoms with Crippen LogP contribution in [0.5, 0.6) is 0 Å². The van der Waals surface area contributed by atoms with Gasteiger partial charge >= 0.3 is 12.1 Å². The van der Waals surface area contributed by atoms with Gasteiger partial charge in [0, 0.05) is 30.4 Å². The van der Waals surface area contributed by atoms with Gasteiger partial charge in [0.2, 0.25) is 0 Å². The number of nitrogens with zero attached hydrogens (tertiary/aromatic N) is 2. The molecule has 0 aliphatic rings. The van der Waals surface area contributed by atoms with E-state index < -0.39 is 12.1 Å². The van der Waals surface area contributed by atoms with Gasteiger partial charge < -0.3 is 10.4 Å². The minimum absolute atomic E-state index is 0.184. The van der Waals surface area contributed by atoms with Crippen molar-refractivity contribution in [3.8, 4) is 11.1 Å². The van der Waals surface area contributed by atoms with E-state index >= 15 is 0 Å². The van der Waals surface area contributed by atoms with Crippen molar-refractivity contribution < 1.29 is 23.1 Å². The molecular formula is C22H25F3N4O2. The van der Waals surface area contributed by atoms with Gasteiger partial charge in [0.05, 0.1) is 11.4 Å². The van der Waals surface area contributed by atoms with E-state index in [2.05, 4.69) is 76.8 Å². The largest absolute Gasteiger partial charge is 0.490 e. The Bertz CT molecular complexity index is 974. The van der Waals surface area contributed by atoms with E-state index in [0.29, 0.717) is 6.04 Å². The predicted molar refractivity (Wildman–Crippen MR) is 111 cm³/mol. The molecule has 6 nitrogen and oxygen atoms in total. The fraction of sp³-hybridized carbons (Fsp3) is 0.318. The van der Waals surface area contributed by atoms with Gasteiger partial charge in [-0.3, -0.25) is 10.1 Å². The van der Waals surface area contributed by atoms with Gasteiger partial charge in [0.25, 0.3) is 0 Å². The first-order chi connectivity index (χ1) is 14.6. The van der Waals surface area contributed by atoms with Crippen LogP contribution in [0.3, 0.4) is 0 Å². The molecule has 0 saturated heterocycles. The van der Waals surface area contributed by atoms with Gasteiger partial charge in [-0.2, -0.15) is 18.3 Å². The number of benzene rings is 1. The minimum Gasteiger partial charge on any atom is -0.475 e. The molecule has 0 fully saturated rings. The molecule has 0 aliphatic carbocycles. The number of H-pyrrole nitrogens is 1. The fourth-order valence-corrected chi connectivity index (χ4v) is 2.96. The van der Waals surface area contributed by atoms with Crippen LogP contribution < -0.4 is 5.32 Å². The van der Waals surface area contributed by atoms with Gasteiger partial charge in [0.1, 0.15) is 0 Å². The molecule has 2 aromatic heterocycles. The summed E-state index contributed by atoms with van der Waals surface area (Å²) in [4.78, 5) is 13.4. The number of rotatable bonds is 6. The fourth-order valence-electron chi connectivity index (χ4n) is 2.96. The number of hydrogen-bond donors (Lipinski definition) is 3. The second-order valence-corrected chi connectivity index (χ2v) is 7.17. The number of aromatic amines is 1. The van der Waals surface area contributed by atoms with Crippen LogP contribution in [0.4, 0.5) is 13.2 Å². The molecule has 0 spiro atoms. The number of halogens is 3. The second kappa shape index (κ2) is 10.7. The van der Waals surface area contributed by atoms with Crippen LogP contribution in [0.1, 0.15) is 37.0 Å². The van der Waals surface area contributed by atoms with E-state index in [1.54, 1.807) is 0 Å². The second-order valence-electron chi connectivity index (χ2n) is 7.17. The Morgan fingerprint density at radius 3 is 2.32 bits per heavy atom. The van der Waals surface area contributed by atoms with E-state index in [-0.39, 0.29) is 6.04 Å². The number of carboxylic acids is 1. The maximum Gasteiger partial charge on any atom is 0.490 e. The molecule has 0 aliphatic heterocycles. The predicted octanol–water partition coefficient (Wildman–Crippen LogP) is 4.70. The Kier molecular flexibility index (Phi) is 8.32. The first-order valence-corrected chi connectivity index (χ1v) is 9.64. The van der Waals surface area contributed by atoms with Crippen LogP contribution in [0.25, 0.3) is 11.1 Å². The first kappa shape index (κ1) is 24.1. The van der Waals surface area contributed by atoms with E-state index in [1.807, 2.05) is 19.2 Å². The summed E-state index contributed by atoms with van der Waals surface area (Å²) in [5, 5.41) is 18.0. The number of aryl methyl sites for hydroxylation is 1. The van der Waals surface area contributed by atoms with E-state index in [9.17, 15) is 13.2 Å². The molecule has 0 radical (unpaired) electrons. The van der Waals surface area contributed by atoms with Gasteiger partial charge in [-0.15, -0.1) is 0 Å². The Hall–Kier alpha value is -3.20. The maximum absolute atomic E-state index is 10.6. The number of alkyl halides is 3. The van der Waals surface area contributed by atoms with Gasteiger partial charge in [-0.25, -0.2) is 4.79 Å². The van der Waals surface area contributed by atoms with Crippen molar-refractivity contribution in [2.75, 3.05) is 0 Å². The first-order valence-electron chi connectivity index (χ1n) is 9.64. The molecule has 3 rings (SSSR count). The monoisotopic (exact) mass is 434 g/mol. The Labute approximate surface area is 178 Å². The molecule has 2 unspecified atom stereocenters. The molecule has 31 heavy (non-hydrogen) atoms. The number of hydrogen-bond acceptors (Lipinski definition) is 4. The van der Waals surface area contributed by atoms with E-state index in [0.717, 1.165) is 23.5 Å².